The van der Waals surface area contributed by atoms with Crippen LogP contribution in [0.25, 0.3) is 11.0 Å². The number of H-pyrrole nitrogens is 1. The molecule has 2 rings (SSSR count). The molecule has 0 spiro atoms. The molecule has 5 nitrogen and oxygen atoms in total. The van der Waals surface area contributed by atoms with Gasteiger partial charge in [0.05, 0.1) is 23.8 Å². The minimum Gasteiger partial charge on any atom is -0.345 e. The molecule has 2 N–H and O–H groups in total. The highest BCUT2D eigenvalue weighted by molar-refractivity contribution is 7.92. The number of benzene rings is 1. The lowest BCUT2D eigenvalue weighted by molar-refractivity contribution is 0.607. The Morgan fingerprint density at radius 3 is 2.93 bits per heavy atom. The van der Waals surface area contributed by atoms with Crippen molar-refractivity contribution in [1.82, 2.24) is 9.97 Å². The molecule has 0 aliphatic rings. The van der Waals surface area contributed by atoms with Crippen molar-refractivity contribution in [3.8, 4) is 0 Å². The summed E-state index contributed by atoms with van der Waals surface area (Å²) in [5.41, 5.74) is 1.92. The number of fused-ring (bicyclic) bond motifs is 1. The van der Waals surface area contributed by atoms with Crippen LogP contribution < -0.4 is 4.72 Å². The van der Waals surface area contributed by atoms with E-state index in [4.69, 9.17) is 0 Å². The fourth-order valence-electron chi connectivity index (χ4n) is 1.25. The number of aromatic nitrogens is 2. The number of para-hydroxylation sites is 1. The molecular weight excluding hydrogens is 202 g/mol. The largest absolute Gasteiger partial charge is 0.345 e. The van der Waals surface area contributed by atoms with Crippen molar-refractivity contribution < 1.29 is 8.42 Å². The second-order valence-corrected chi connectivity index (χ2v) is 4.73. The average Bonchev–Trinajstić information content (AvgIpc) is 2.49. The lowest BCUT2D eigenvalue weighted by atomic mass is 10.3. The maximum absolute atomic E-state index is 11.0. The first-order chi connectivity index (χ1) is 6.56. The summed E-state index contributed by atoms with van der Waals surface area (Å²) in [5, 5.41) is 0. The first-order valence-corrected chi connectivity index (χ1v) is 5.85. The van der Waals surface area contributed by atoms with Gasteiger partial charge in [0.15, 0.2) is 0 Å². The van der Waals surface area contributed by atoms with E-state index in [9.17, 15) is 8.42 Å². The van der Waals surface area contributed by atoms with Gasteiger partial charge in [-0.3, -0.25) is 4.72 Å². The Hall–Kier alpha value is -1.56. The number of hydrogen-bond acceptors (Lipinski definition) is 3. The number of nitrogens with zero attached hydrogens (tertiary/aromatic N) is 1. The summed E-state index contributed by atoms with van der Waals surface area (Å²) in [6.45, 7) is 0. The molecule has 0 radical (unpaired) electrons. The van der Waals surface area contributed by atoms with E-state index in [0.717, 1.165) is 11.8 Å². The van der Waals surface area contributed by atoms with Crippen molar-refractivity contribution in [2.45, 2.75) is 0 Å². The predicted octanol–water partition coefficient (Wildman–Crippen LogP) is 0.934. The van der Waals surface area contributed by atoms with Crippen molar-refractivity contribution >= 4 is 26.7 Å². The summed E-state index contributed by atoms with van der Waals surface area (Å²) in [6.07, 6.45) is 2.64. The molecular formula is C8H9N3O2S. The smallest absolute Gasteiger partial charge is 0.229 e. The molecule has 1 aromatic heterocycles. The van der Waals surface area contributed by atoms with Crippen molar-refractivity contribution in [2.24, 2.45) is 0 Å². The van der Waals surface area contributed by atoms with Crippen LogP contribution in [-0.4, -0.2) is 24.6 Å². The molecule has 0 aliphatic heterocycles. The van der Waals surface area contributed by atoms with Crippen LogP contribution in [0, 0.1) is 0 Å². The number of anilines is 1. The van der Waals surface area contributed by atoms with Gasteiger partial charge in [-0.2, -0.15) is 0 Å². The predicted molar refractivity (Wildman–Crippen MR) is 54.6 cm³/mol. The molecule has 0 atom stereocenters. The van der Waals surface area contributed by atoms with E-state index in [1.54, 1.807) is 12.1 Å². The minimum absolute atomic E-state index is 0.492. The van der Waals surface area contributed by atoms with Crippen LogP contribution in [0.15, 0.2) is 24.5 Å². The number of hydrogen-bond donors (Lipinski definition) is 2. The molecule has 6 heteroatoms. The summed E-state index contributed by atoms with van der Waals surface area (Å²) in [6, 6.07) is 5.26. The molecule has 1 aromatic carbocycles. The van der Waals surface area contributed by atoms with Gasteiger partial charge in [0.1, 0.15) is 5.52 Å². The topological polar surface area (TPSA) is 74.8 Å². The summed E-state index contributed by atoms with van der Waals surface area (Å²) >= 11 is 0. The first kappa shape index (κ1) is 9.01. The zero-order chi connectivity index (χ0) is 10.2. The molecule has 74 valence electrons. The maximum atomic E-state index is 11.0. The summed E-state index contributed by atoms with van der Waals surface area (Å²) in [4.78, 5) is 6.92. The Morgan fingerprint density at radius 1 is 1.43 bits per heavy atom. The highest BCUT2D eigenvalue weighted by Gasteiger charge is 2.06. The minimum atomic E-state index is -3.25. The molecule has 0 fully saturated rings. The van der Waals surface area contributed by atoms with Gasteiger partial charge in [-0.15, -0.1) is 0 Å². The highest BCUT2D eigenvalue weighted by atomic mass is 32.2. The second kappa shape index (κ2) is 2.98. The number of imidazole rings is 1. The zero-order valence-electron chi connectivity index (χ0n) is 7.48. The lowest BCUT2D eigenvalue weighted by Crippen LogP contribution is -2.09. The number of rotatable bonds is 2. The molecule has 1 heterocycles. The zero-order valence-corrected chi connectivity index (χ0v) is 8.30. The van der Waals surface area contributed by atoms with Crippen LogP contribution in [0.3, 0.4) is 0 Å². The quantitative estimate of drug-likeness (QED) is 0.776. The maximum Gasteiger partial charge on any atom is 0.229 e. The van der Waals surface area contributed by atoms with Crippen LogP contribution in [0.2, 0.25) is 0 Å². The molecule has 0 bridgehead atoms. The van der Waals surface area contributed by atoms with Crippen LogP contribution >= 0.6 is 0 Å². The van der Waals surface area contributed by atoms with Gasteiger partial charge in [-0.1, -0.05) is 6.07 Å². The van der Waals surface area contributed by atoms with Crippen LogP contribution in [0.1, 0.15) is 0 Å². The third kappa shape index (κ3) is 1.69. The summed E-state index contributed by atoms with van der Waals surface area (Å²) in [7, 11) is -3.25. The number of sulfonamides is 1. The Labute approximate surface area is 81.2 Å². The summed E-state index contributed by atoms with van der Waals surface area (Å²) < 4.78 is 24.4. The molecule has 2 aromatic rings. The van der Waals surface area contributed by atoms with E-state index in [1.165, 1.54) is 6.33 Å². The molecule has 14 heavy (non-hydrogen) atoms. The van der Waals surface area contributed by atoms with Crippen molar-refractivity contribution in [3.05, 3.63) is 24.5 Å². The van der Waals surface area contributed by atoms with E-state index >= 15 is 0 Å². The van der Waals surface area contributed by atoms with Gasteiger partial charge in [-0.05, 0) is 12.1 Å². The fraction of sp³-hybridized carbons (Fsp3) is 0.125. The Morgan fingerprint density at radius 2 is 2.21 bits per heavy atom. The van der Waals surface area contributed by atoms with E-state index in [2.05, 4.69) is 14.7 Å². The van der Waals surface area contributed by atoms with Crippen LogP contribution in [-0.2, 0) is 10.0 Å². The van der Waals surface area contributed by atoms with Crippen LogP contribution in [0.5, 0.6) is 0 Å². The Kier molecular flexibility index (Phi) is 1.92. The van der Waals surface area contributed by atoms with Gasteiger partial charge < -0.3 is 4.98 Å². The summed E-state index contributed by atoms with van der Waals surface area (Å²) in [5.74, 6) is 0. The lowest BCUT2D eigenvalue weighted by Gasteiger charge is -2.03. The van der Waals surface area contributed by atoms with Crippen molar-refractivity contribution in [3.63, 3.8) is 0 Å². The van der Waals surface area contributed by atoms with Gasteiger partial charge in [0.25, 0.3) is 0 Å². The van der Waals surface area contributed by atoms with Crippen molar-refractivity contribution in [1.29, 1.82) is 0 Å². The average molecular weight is 211 g/mol. The second-order valence-electron chi connectivity index (χ2n) is 2.98. The van der Waals surface area contributed by atoms with Gasteiger partial charge in [0.2, 0.25) is 10.0 Å². The van der Waals surface area contributed by atoms with E-state index in [0.29, 0.717) is 11.2 Å². The number of nitrogens with one attached hydrogen (secondary N) is 2. The monoisotopic (exact) mass is 211 g/mol. The molecule has 0 saturated carbocycles. The molecule has 0 saturated heterocycles. The van der Waals surface area contributed by atoms with E-state index < -0.39 is 10.0 Å². The van der Waals surface area contributed by atoms with Crippen molar-refractivity contribution in [2.75, 3.05) is 11.0 Å². The molecule has 0 amide bonds. The van der Waals surface area contributed by atoms with Gasteiger partial charge >= 0.3 is 0 Å². The molecule has 0 unspecified atom stereocenters. The van der Waals surface area contributed by atoms with Gasteiger partial charge in [-0.25, -0.2) is 13.4 Å². The Balaban J connectivity index is 2.57. The standard InChI is InChI=1S/C8H9N3O2S/c1-14(12,13)11-7-4-2-3-6-8(7)10-5-9-6/h2-5,11H,1H3,(H,9,10). The van der Waals surface area contributed by atoms with Gasteiger partial charge in [0, 0.05) is 0 Å². The molecule has 0 aliphatic carbocycles. The SMILES string of the molecule is CS(=O)(=O)Nc1cccc2[nH]cnc12. The third-order valence-corrected chi connectivity index (χ3v) is 2.34. The highest BCUT2D eigenvalue weighted by Crippen LogP contribution is 2.20. The van der Waals surface area contributed by atoms with Crippen LogP contribution in [0.4, 0.5) is 5.69 Å². The van der Waals surface area contributed by atoms with E-state index in [1.807, 2.05) is 6.07 Å². The number of aromatic amines is 1. The normalized spacial score (nSPS) is 11.8. The van der Waals surface area contributed by atoms with E-state index in [-0.39, 0.29) is 0 Å². The fourth-order valence-corrected chi connectivity index (χ4v) is 1.81. The Bertz CT molecular complexity index is 559. The third-order valence-electron chi connectivity index (χ3n) is 1.75. The first-order valence-electron chi connectivity index (χ1n) is 3.96.